The zero-order valence-electron chi connectivity index (χ0n) is 8.36. The van der Waals surface area contributed by atoms with E-state index >= 15 is 0 Å². The Labute approximate surface area is 99.7 Å². The summed E-state index contributed by atoms with van der Waals surface area (Å²) in [5, 5.41) is 8.23. The minimum Gasteiger partial charge on any atom is -0.347 e. The van der Waals surface area contributed by atoms with Gasteiger partial charge in [-0.05, 0) is 30.8 Å². The molecule has 1 amide bonds. The van der Waals surface area contributed by atoms with Gasteiger partial charge in [0, 0.05) is 12.6 Å². The van der Waals surface area contributed by atoms with E-state index in [0.717, 1.165) is 30.8 Å². The summed E-state index contributed by atoms with van der Waals surface area (Å²) in [6.45, 7) is 1.97. The van der Waals surface area contributed by atoms with Crippen LogP contribution in [-0.4, -0.2) is 25.0 Å². The van der Waals surface area contributed by atoms with Crippen molar-refractivity contribution < 1.29 is 4.79 Å². The maximum Gasteiger partial charge on any atom is 0.261 e. The standard InChI is InChI=1S/C10H14N2OS.ClH/c13-10(9-4-2-6-14-9)12-8-3-1-5-11-7-8;/h2,4,6,8,11H,1,3,5,7H2,(H,12,13);1H/t8-;/m1./s1. The number of amides is 1. The second kappa shape index (κ2) is 6.10. The monoisotopic (exact) mass is 246 g/mol. The van der Waals surface area contributed by atoms with Crippen molar-refractivity contribution in [3.63, 3.8) is 0 Å². The van der Waals surface area contributed by atoms with Crippen molar-refractivity contribution in [1.29, 1.82) is 0 Å². The first-order chi connectivity index (χ1) is 6.86. The Morgan fingerprint density at radius 1 is 1.60 bits per heavy atom. The zero-order chi connectivity index (χ0) is 9.80. The van der Waals surface area contributed by atoms with E-state index in [9.17, 15) is 4.79 Å². The number of hydrogen-bond acceptors (Lipinski definition) is 3. The highest BCUT2D eigenvalue weighted by Crippen LogP contribution is 2.09. The maximum absolute atomic E-state index is 11.6. The van der Waals surface area contributed by atoms with Gasteiger partial charge in [0.25, 0.3) is 5.91 Å². The summed E-state index contributed by atoms with van der Waals surface area (Å²) in [6, 6.07) is 4.06. The van der Waals surface area contributed by atoms with Crippen molar-refractivity contribution in [2.75, 3.05) is 13.1 Å². The predicted molar refractivity (Wildman–Crippen MR) is 64.9 cm³/mol. The van der Waals surface area contributed by atoms with E-state index < -0.39 is 0 Å². The molecule has 1 aromatic heterocycles. The van der Waals surface area contributed by atoms with Gasteiger partial charge in [-0.2, -0.15) is 0 Å². The molecule has 0 aromatic carbocycles. The molecule has 2 heterocycles. The highest BCUT2D eigenvalue weighted by molar-refractivity contribution is 7.12. The molecule has 2 rings (SSSR count). The Bertz CT molecular complexity index is 296. The molecule has 1 fully saturated rings. The first kappa shape index (κ1) is 12.5. The summed E-state index contributed by atoms with van der Waals surface area (Å²) < 4.78 is 0. The van der Waals surface area contributed by atoms with Crippen LogP contribution in [0.15, 0.2) is 17.5 Å². The van der Waals surface area contributed by atoms with Crippen LogP contribution in [0.3, 0.4) is 0 Å². The van der Waals surface area contributed by atoms with E-state index in [1.807, 2.05) is 17.5 Å². The summed E-state index contributed by atoms with van der Waals surface area (Å²) in [7, 11) is 0. The molecular weight excluding hydrogens is 232 g/mol. The second-order valence-electron chi connectivity index (χ2n) is 3.49. The van der Waals surface area contributed by atoms with Crippen LogP contribution in [0.4, 0.5) is 0 Å². The first-order valence-electron chi connectivity index (χ1n) is 4.91. The lowest BCUT2D eigenvalue weighted by atomic mass is 10.1. The lowest BCUT2D eigenvalue weighted by Crippen LogP contribution is -2.45. The van der Waals surface area contributed by atoms with Crippen LogP contribution in [-0.2, 0) is 0 Å². The summed E-state index contributed by atoms with van der Waals surface area (Å²) in [5.74, 6) is 0.0636. The molecule has 0 saturated carbocycles. The van der Waals surface area contributed by atoms with Crippen LogP contribution < -0.4 is 10.6 Å². The SMILES string of the molecule is Cl.O=C(N[C@@H]1CCCNC1)c1cccs1. The number of halogens is 1. The Kier molecular flexibility index (Phi) is 5.08. The quantitative estimate of drug-likeness (QED) is 0.833. The van der Waals surface area contributed by atoms with Crippen molar-refractivity contribution in [3.05, 3.63) is 22.4 Å². The molecule has 5 heteroatoms. The predicted octanol–water partition coefficient (Wildman–Crippen LogP) is 1.65. The summed E-state index contributed by atoms with van der Waals surface area (Å²) in [4.78, 5) is 12.4. The molecule has 0 bridgehead atoms. The second-order valence-corrected chi connectivity index (χ2v) is 4.44. The number of nitrogens with one attached hydrogen (secondary N) is 2. The lowest BCUT2D eigenvalue weighted by molar-refractivity contribution is 0.0935. The zero-order valence-corrected chi connectivity index (χ0v) is 10.00. The summed E-state index contributed by atoms with van der Waals surface area (Å²) in [5.41, 5.74) is 0. The number of hydrogen-bond donors (Lipinski definition) is 2. The molecule has 0 radical (unpaired) electrons. The van der Waals surface area contributed by atoms with Gasteiger partial charge in [0.1, 0.15) is 0 Å². The third-order valence-corrected chi connectivity index (χ3v) is 3.25. The molecule has 1 aliphatic heterocycles. The van der Waals surface area contributed by atoms with Gasteiger partial charge in [-0.3, -0.25) is 4.79 Å². The fourth-order valence-electron chi connectivity index (χ4n) is 1.64. The Balaban J connectivity index is 0.00000112. The van der Waals surface area contributed by atoms with Crippen LogP contribution in [0.2, 0.25) is 0 Å². The Hall–Kier alpha value is -0.580. The third-order valence-electron chi connectivity index (χ3n) is 2.38. The molecule has 0 aliphatic carbocycles. The van der Waals surface area contributed by atoms with E-state index in [1.165, 1.54) is 11.3 Å². The van der Waals surface area contributed by atoms with Gasteiger partial charge in [-0.1, -0.05) is 6.07 Å². The van der Waals surface area contributed by atoms with Crippen molar-refractivity contribution >= 4 is 29.7 Å². The molecule has 1 aliphatic rings. The van der Waals surface area contributed by atoms with Gasteiger partial charge in [0.15, 0.2) is 0 Å². The van der Waals surface area contributed by atoms with Crippen molar-refractivity contribution in [1.82, 2.24) is 10.6 Å². The highest BCUT2D eigenvalue weighted by atomic mass is 35.5. The summed E-state index contributed by atoms with van der Waals surface area (Å²) >= 11 is 1.49. The average molecular weight is 247 g/mol. The number of piperidine rings is 1. The normalized spacial score (nSPS) is 20.4. The van der Waals surface area contributed by atoms with Crippen molar-refractivity contribution in [3.8, 4) is 0 Å². The number of rotatable bonds is 2. The van der Waals surface area contributed by atoms with Crippen LogP contribution in [0.5, 0.6) is 0 Å². The van der Waals surface area contributed by atoms with Gasteiger partial charge in [-0.15, -0.1) is 23.7 Å². The molecule has 1 aromatic rings. The van der Waals surface area contributed by atoms with E-state index in [-0.39, 0.29) is 18.3 Å². The fourth-order valence-corrected chi connectivity index (χ4v) is 2.27. The van der Waals surface area contributed by atoms with Crippen LogP contribution >= 0.6 is 23.7 Å². The average Bonchev–Trinajstić information content (AvgIpc) is 2.72. The molecule has 1 atom stereocenters. The Morgan fingerprint density at radius 2 is 2.47 bits per heavy atom. The van der Waals surface area contributed by atoms with E-state index in [1.54, 1.807) is 0 Å². The smallest absolute Gasteiger partial charge is 0.261 e. The number of carbonyl (C=O) groups is 1. The van der Waals surface area contributed by atoms with Gasteiger partial charge >= 0.3 is 0 Å². The minimum absolute atomic E-state index is 0. The van der Waals surface area contributed by atoms with E-state index in [2.05, 4.69) is 10.6 Å². The molecule has 2 N–H and O–H groups in total. The molecule has 15 heavy (non-hydrogen) atoms. The molecule has 3 nitrogen and oxygen atoms in total. The lowest BCUT2D eigenvalue weighted by Gasteiger charge is -2.23. The van der Waals surface area contributed by atoms with Gasteiger partial charge < -0.3 is 10.6 Å². The molecule has 0 unspecified atom stereocenters. The summed E-state index contributed by atoms with van der Waals surface area (Å²) in [6.07, 6.45) is 2.24. The van der Waals surface area contributed by atoms with Crippen LogP contribution in [0, 0.1) is 0 Å². The third kappa shape index (κ3) is 3.48. The fraction of sp³-hybridized carbons (Fsp3) is 0.500. The minimum atomic E-state index is 0. The molecular formula is C10H15ClN2OS. The van der Waals surface area contributed by atoms with Gasteiger partial charge in [0.05, 0.1) is 4.88 Å². The van der Waals surface area contributed by atoms with Crippen LogP contribution in [0.25, 0.3) is 0 Å². The maximum atomic E-state index is 11.6. The molecule has 1 saturated heterocycles. The topological polar surface area (TPSA) is 41.1 Å². The molecule has 0 spiro atoms. The molecule has 84 valence electrons. The van der Waals surface area contributed by atoms with Gasteiger partial charge in [-0.25, -0.2) is 0 Å². The first-order valence-corrected chi connectivity index (χ1v) is 5.79. The number of thiophene rings is 1. The van der Waals surface area contributed by atoms with Crippen molar-refractivity contribution in [2.24, 2.45) is 0 Å². The number of carbonyl (C=O) groups excluding carboxylic acids is 1. The van der Waals surface area contributed by atoms with Crippen LogP contribution in [0.1, 0.15) is 22.5 Å². The van der Waals surface area contributed by atoms with E-state index in [0.29, 0.717) is 6.04 Å². The largest absolute Gasteiger partial charge is 0.347 e. The van der Waals surface area contributed by atoms with E-state index in [4.69, 9.17) is 0 Å². The van der Waals surface area contributed by atoms with Gasteiger partial charge in [0.2, 0.25) is 0 Å². The van der Waals surface area contributed by atoms with Crippen molar-refractivity contribution in [2.45, 2.75) is 18.9 Å². The highest BCUT2D eigenvalue weighted by Gasteiger charge is 2.16. The Morgan fingerprint density at radius 3 is 3.07 bits per heavy atom.